The van der Waals surface area contributed by atoms with Gasteiger partial charge in [-0.2, -0.15) is 0 Å². The molecule has 100 valence electrons. The van der Waals surface area contributed by atoms with Gasteiger partial charge in [-0.15, -0.1) is 0 Å². The molecule has 1 atom stereocenters. The average molecular weight is 249 g/mol. The van der Waals surface area contributed by atoms with Crippen molar-refractivity contribution >= 4 is 0 Å². The first-order valence-electron chi connectivity index (χ1n) is 6.86. The number of hydrogen-bond donors (Lipinski definition) is 1. The number of benzene rings is 1. The van der Waals surface area contributed by atoms with Crippen LogP contribution in [0, 0.1) is 0 Å². The fourth-order valence-corrected chi connectivity index (χ4v) is 2.51. The Morgan fingerprint density at radius 2 is 2.17 bits per heavy atom. The first kappa shape index (κ1) is 13.4. The van der Waals surface area contributed by atoms with E-state index in [-0.39, 0.29) is 0 Å². The summed E-state index contributed by atoms with van der Waals surface area (Å²) in [6, 6.07) is 6.83. The first-order chi connectivity index (χ1) is 8.86. The third-order valence-electron chi connectivity index (χ3n) is 3.41. The van der Waals surface area contributed by atoms with Gasteiger partial charge in [0.25, 0.3) is 0 Å². The van der Waals surface area contributed by atoms with Gasteiger partial charge in [0.1, 0.15) is 12.4 Å². The summed E-state index contributed by atoms with van der Waals surface area (Å²) in [7, 11) is 2.02. The highest BCUT2D eigenvalue weighted by molar-refractivity contribution is 5.45. The second kappa shape index (κ2) is 6.76. The normalized spacial score (nSPS) is 17.8. The molecule has 1 aromatic carbocycles. The molecule has 0 spiro atoms. The van der Waals surface area contributed by atoms with Gasteiger partial charge in [-0.05, 0) is 43.5 Å². The highest BCUT2D eigenvalue weighted by Gasteiger charge is 2.23. The van der Waals surface area contributed by atoms with Crippen LogP contribution in [0.3, 0.4) is 0 Å². The summed E-state index contributed by atoms with van der Waals surface area (Å²) in [5, 5.41) is 3.35. The molecule has 0 radical (unpaired) electrons. The predicted molar refractivity (Wildman–Crippen MR) is 73.2 cm³/mol. The van der Waals surface area contributed by atoms with Gasteiger partial charge in [-0.3, -0.25) is 0 Å². The lowest BCUT2D eigenvalue weighted by atomic mass is 10.1. The minimum atomic E-state index is 0.486. The van der Waals surface area contributed by atoms with E-state index in [0.29, 0.717) is 19.3 Å². The Labute approximate surface area is 109 Å². The topological polar surface area (TPSA) is 30.5 Å². The standard InChI is InChI=1S/C15H23NO2/c1-3-9-17-10-11-18-15-6-4-5-12-13(15)7-8-14(12)16-2/h4-6,14,16H,3,7-11H2,1-2H3. The fourth-order valence-electron chi connectivity index (χ4n) is 2.51. The first-order valence-corrected chi connectivity index (χ1v) is 6.86. The minimum Gasteiger partial charge on any atom is -0.491 e. The van der Waals surface area contributed by atoms with Crippen molar-refractivity contribution in [3.05, 3.63) is 29.3 Å². The summed E-state index contributed by atoms with van der Waals surface area (Å²) in [5.74, 6) is 1.03. The van der Waals surface area contributed by atoms with Crippen LogP contribution < -0.4 is 10.1 Å². The molecular formula is C15H23NO2. The zero-order valence-corrected chi connectivity index (χ0v) is 11.4. The Morgan fingerprint density at radius 3 is 2.94 bits per heavy atom. The molecule has 18 heavy (non-hydrogen) atoms. The van der Waals surface area contributed by atoms with Crippen molar-refractivity contribution in [2.75, 3.05) is 26.9 Å². The summed E-state index contributed by atoms with van der Waals surface area (Å²) < 4.78 is 11.3. The number of fused-ring (bicyclic) bond motifs is 1. The van der Waals surface area contributed by atoms with E-state index < -0.39 is 0 Å². The van der Waals surface area contributed by atoms with Crippen LogP contribution >= 0.6 is 0 Å². The van der Waals surface area contributed by atoms with Crippen LogP contribution in [0.1, 0.15) is 36.9 Å². The molecule has 1 aliphatic carbocycles. The van der Waals surface area contributed by atoms with Crippen molar-refractivity contribution in [1.29, 1.82) is 0 Å². The second-order valence-corrected chi connectivity index (χ2v) is 4.66. The lowest BCUT2D eigenvalue weighted by molar-refractivity contribution is 0.100. The maximum absolute atomic E-state index is 5.84. The van der Waals surface area contributed by atoms with Crippen molar-refractivity contribution in [1.82, 2.24) is 5.32 Å². The highest BCUT2D eigenvalue weighted by atomic mass is 16.5. The molecule has 1 unspecified atom stereocenters. The van der Waals surface area contributed by atoms with Crippen LogP contribution in [-0.2, 0) is 11.2 Å². The Balaban J connectivity index is 1.92. The van der Waals surface area contributed by atoms with Crippen LogP contribution in [-0.4, -0.2) is 26.9 Å². The monoisotopic (exact) mass is 249 g/mol. The van der Waals surface area contributed by atoms with Crippen molar-refractivity contribution in [3.8, 4) is 5.75 Å². The molecule has 1 aliphatic rings. The van der Waals surface area contributed by atoms with E-state index >= 15 is 0 Å². The third-order valence-corrected chi connectivity index (χ3v) is 3.41. The van der Waals surface area contributed by atoms with Gasteiger partial charge in [0, 0.05) is 12.6 Å². The molecule has 2 rings (SSSR count). The molecule has 0 aromatic heterocycles. The number of ether oxygens (including phenoxy) is 2. The van der Waals surface area contributed by atoms with E-state index in [2.05, 4.69) is 30.4 Å². The summed E-state index contributed by atoms with van der Waals surface area (Å²) in [6.07, 6.45) is 3.33. The Morgan fingerprint density at radius 1 is 1.28 bits per heavy atom. The minimum absolute atomic E-state index is 0.486. The molecule has 0 saturated heterocycles. The molecule has 0 heterocycles. The lowest BCUT2D eigenvalue weighted by Crippen LogP contribution is -2.13. The number of rotatable bonds is 7. The van der Waals surface area contributed by atoms with Crippen molar-refractivity contribution in [2.24, 2.45) is 0 Å². The Bertz CT molecular complexity index is 379. The van der Waals surface area contributed by atoms with Gasteiger partial charge in [0.05, 0.1) is 6.61 Å². The van der Waals surface area contributed by atoms with Crippen molar-refractivity contribution in [2.45, 2.75) is 32.2 Å². The van der Waals surface area contributed by atoms with E-state index in [1.54, 1.807) is 0 Å². The van der Waals surface area contributed by atoms with Crippen LogP contribution in [0.5, 0.6) is 5.75 Å². The maximum Gasteiger partial charge on any atom is 0.122 e. The predicted octanol–water partition coefficient (Wildman–Crippen LogP) is 2.70. The zero-order chi connectivity index (χ0) is 12.8. The van der Waals surface area contributed by atoms with Crippen LogP contribution in [0.25, 0.3) is 0 Å². The average Bonchev–Trinajstić information content (AvgIpc) is 2.82. The Hall–Kier alpha value is -1.06. The Kier molecular flexibility index (Phi) is 5.02. The van der Waals surface area contributed by atoms with Crippen LogP contribution in [0.15, 0.2) is 18.2 Å². The van der Waals surface area contributed by atoms with Gasteiger partial charge in [0.15, 0.2) is 0 Å². The number of hydrogen-bond acceptors (Lipinski definition) is 3. The van der Waals surface area contributed by atoms with Gasteiger partial charge < -0.3 is 14.8 Å². The van der Waals surface area contributed by atoms with Gasteiger partial charge in [-0.1, -0.05) is 19.1 Å². The molecular weight excluding hydrogens is 226 g/mol. The van der Waals surface area contributed by atoms with E-state index in [0.717, 1.165) is 25.2 Å². The smallest absolute Gasteiger partial charge is 0.122 e. The zero-order valence-electron chi connectivity index (χ0n) is 11.4. The molecule has 0 amide bonds. The molecule has 0 bridgehead atoms. The summed E-state index contributed by atoms with van der Waals surface area (Å²) in [5.41, 5.74) is 2.76. The lowest BCUT2D eigenvalue weighted by Gasteiger charge is -2.13. The van der Waals surface area contributed by atoms with Gasteiger partial charge in [0.2, 0.25) is 0 Å². The SMILES string of the molecule is CCCOCCOc1cccc2c1CCC2NC. The summed E-state index contributed by atoms with van der Waals surface area (Å²) in [6.45, 7) is 4.24. The van der Waals surface area contributed by atoms with E-state index in [1.807, 2.05) is 7.05 Å². The molecule has 3 nitrogen and oxygen atoms in total. The van der Waals surface area contributed by atoms with E-state index in [1.165, 1.54) is 17.5 Å². The number of nitrogens with one attached hydrogen (secondary N) is 1. The van der Waals surface area contributed by atoms with E-state index in [4.69, 9.17) is 9.47 Å². The molecule has 0 saturated carbocycles. The van der Waals surface area contributed by atoms with E-state index in [9.17, 15) is 0 Å². The highest BCUT2D eigenvalue weighted by Crippen LogP contribution is 2.36. The molecule has 0 aliphatic heterocycles. The quantitative estimate of drug-likeness (QED) is 0.754. The fraction of sp³-hybridized carbons (Fsp3) is 0.600. The maximum atomic E-state index is 5.84. The van der Waals surface area contributed by atoms with Crippen LogP contribution in [0.2, 0.25) is 0 Å². The molecule has 3 heteroatoms. The molecule has 1 N–H and O–H groups in total. The summed E-state index contributed by atoms with van der Waals surface area (Å²) in [4.78, 5) is 0. The van der Waals surface area contributed by atoms with Crippen LogP contribution in [0.4, 0.5) is 0 Å². The van der Waals surface area contributed by atoms with Gasteiger partial charge >= 0.3 is 0 Å². The van der Waals surface area contributed by atoms with Gasteiger partial charge in [-0.25, -0.2) is 0 Å². The summed E-state index contributed by atoms with van der Waals surface area (Å²) >= 11 is 0. The molecule has 1 aromatic rings. The van der Waals surface area contributed by atoms with Crippen molar-refractivity contribution in [3.63, 3.8) is 0 Å². The largest absolute Gasteiger partial charge is 0.491 e. The second-order valence-electron chi connectivity index (χ2n) is 4.66. The van der Waals surface area contributed by atoms with Crippen molar-refractivity contribution < 1.29 is 9.47 Å². The third kappa shape index (κ3) is 3.03. The molecule has 0 fully saturated rings.